The second-order valence-corrected chi connectivity index (χ2v) is 8.14. The van der Waals surface area contributed by atoms with Crippen LogP contribution in [0.2, 0.25) is 0 Å². The fourth-order valence-corrected chi connectivity index (χ4v) is 4.63. The van der Waals surface area contributed by atoms with E-state index in [4.69, 9.17) is 0 Å². The Morgan fingerprint density at radius 3 is 1.90 bits per heavy atom. The second kappa shape index (κ2) is 7.35. The second-order valence-electron chi connectivity index (χ2n) is 7.09. The maximum absolute atomic E-state index is 12.7. The molecule has 0 saturated carbocycles. The molecule has 30 heavy (non-hydrogen) atoms. The van der Waals surface area contributed by atoms with Crippen LogP contribution >= 0.6 is 11.8 Å². The van der Waals surface area contributed by atoms with E-state index in [0.717, 1.165) is 33.8 Å². The highest BCUT2D eigenvalue weighted by atomic mass is 32.2. The fourth-order valence-electron chi connectivity index (χ4n) is 3.97. The van der Waals surface area contributed by atoms with Crippen LogP contribution in [0.5, 0.6) is 0 Å². The summed E-state index contributed by atoms with van der Waals surface area (Å²) in [5.74, 6) is -0.358. The van der Waals surface area contributed by atoms with Gasteiger partial charge in [0.25, 0.3) is 11.1 Å². The minimum atomic E-state index is -0.358. The quantitative estimate of drug-likeness (QED) is 0.388. The number of carbonyl (C=O) groups excluding carboxylic acids is 2. The SMILES string of the molecule is C=C1SC(=O)N(c2cn(C(c3ccccc3)c3ccccc3)c3ccccc23)C1=O. The summed E-state index contributed by atoms with van der Waals surface area (Å²) in [6.07, 6.45) is 1.91. The molecule has 4 aromatic rings. The molecule has 5 heteroatoms. The van der Waals surface area contributed by atoms with Crippen molar-refractivity contribution < 1.29 is 9.59 Å². The van der Waals surface area contributed by atoms with Crippen LogP contribution in [-0.4, -0.2) is 15.7 Å². The van der Waals surface area contributed by atoms with E-state index in [9.17, 15) is 9.59 Å². The van der Waals surface area contributed by atoms with Gasteiger partial charge in [-0.25, -0.2) is 4.90 Å². The molecule has 146 valence electrons. The Kier molecular flexibility index (Phi) is 4.52. The predicted molar refractivity (Wildman–Crippen MR) is 122 cm³/mol. The van der Waals surface area contributed by atoms with E-state index in [2.05, 4.69) is 35.4 Å². The Hall–Kier alpha value is -3.57. The number of aromatic nitrogens is 1. The Bertz CT molecular complexity index is 1240. The number of amides is 2. The lowest BCUT2D eigenvalue weighted by atomic mass is 9.98. The summed E-state index contributed by atoms with van der Waals surface area (Å²) in [5.41, 5.74) is 3.78. The molecule has 1 fully saturated rings. The van der Waals surface area contributed by atoms with Crippen LogP contribution in [0, 0.1) is 0 Å². The van der Waals surface area contributed by atoms with Gasteiger partial charge in [0.15, 0.2) is 0 Å². The first kappa shape index (κ1) is 18.5. The minimum absolute atomic E-state index is 0.102. The lowest BCUT2D eigenvalue weighted by Crippen LogP contribution is -2.27. The molecule has 1 aliphatic heterocycles. The number of hydrogen-bond acceptors (Lipinski definition) is 3. The van der Waals surface area contributed by atoms with Crippen molar-refractivity contribution in [3.8, 4) is 0 Å². The van der Waals surface area contributed by atoms with Crippen molar-refractivity contribution in [3.63, 3.8) is 0 Å². The predicted octanol–water partition coefficient (Wildman–Crippen LogP) is 5.99. The number of hydrogen-bond donors (Lipinski definition) is 0. The molecular formula is C25H18N2O2S. The number of imide groups is 1. The van der Waals surface area contributed by atoms with Crippen LogP contribution < -0.4 is 4.90 Å². The van der Waals surface area contributed by atoms with Crippen LogP contribution in [0.1, 0.15) is 17.2 Å². The Balaban J connectivity index is 1.77. The van der Waals surface area contributed by atoms with Gasteiger partial charge in [0.2, 0.25) is 0 Å². The number of rotatable bonds is 4. The Labute approximate surface area is 178 Å². The average Bonchev–Trinajstić information content (AvgIpc) is 3.26. The molecule has 0 unspecified atom stereocenters. The van der Waals surface area contributed by atoms with E-state index in [1.807, 2.05) is 66.9 Å². The number of anilines is 1. The molecule has 5 rings (SSSR count). The first-order chi connectivity index (χ1) is 14.6. The molecular weight excluding hydrogens is 392 g/mol. The first-order valence-corrected chi connectivity index (χ1v) is 10.4. The summed E-state index contributed by atoms with van der Waals surface area (Å²) in [5, 5.41) is 0.537. The molecule has 0 spiro atoms. The van der Waals surface area contributed by atoms with Gasteiger partial charge in [-0.15, -0.1) is 0 Å². The van der Waals surface area contributed by atoms with Gasteiger partial charge in [0, 0.05) is 11.6 Å². The molecule has 0 aliphatic carbocycles. The molecule has 1 aliphatic rings. The highest BCUT2D eigenvalue weighted by Crippen LogP contribution is 2.41. The standard InChI is InChI=1S/C25H18N2O2S/c1-17-24(28)27(25(29)30-17)22-16-26(21-15-9-8-14-20(21)22)23(18-10-4-2-5-11-18)19-12-6-3-7-13-19/h2-16,23H,1H2. The van der Waals surface area contributed by atoms with Crippen LogP contribution in [-0.2, 0) is 4.79 Å². The molecule has 3 aromatic carbocycles. The van der Waals surface area contributed by atoms with E-state index in [-0.39, 0.29) is 22.1 Å². The number of benzene rings is 3. The van der Waals surface area contributed by atoms with Gasteiger partial charge in [-0.2, -0.15) is 0 Å². The number of nitrogens with zero attached hydrogens (tertiary/aromatic N) is 2. The van der Waals surface area contributed by atoms with Gasteiger partial charge >= 0.3 is 0 Å². The van der Waals surface area contributed by atoms with Gasteiger partial charge < -0.3 is 4.57 Å². The van der Waals surface area contributed by atoms with Crippen LogP contribution in [0.25, 0.3) is 10.9 Å². The van der Waals surface area contributed by atoms with Gasteiger partial charge in [-0.05, 0) is 29.0 Å². The molecule has 0 bridgehead atoms. The van der Waals surface area contributed by atoms with E-state index in [0.29, 0.717) is 5.69 Å². The fraction of sp³-hybridized carbons (Fsp3) is 0.0400. The lowest BCUT2D eigenvalue weighted by Gasteiger charge is -2.21. The summed E-state index contributed by atoms with van der Waals surface area (Å²) < 4.78 is 2.14. The summed E-state index contributed by atoms with van der Waals surface area (Å²) in [4.78, 5) is 26.7. The summed E-state index contributed by atoms with van der Waals surface area (Å²) in [6.45, 7) is 3.72. The number of carbonyl (C=O) groups is 2. The molecule has 1 saturated heterocycles. The summed E-state index contributed by atoms with van der Waals surface area (Å²) in [6, 6.07) is 28.2. The third-order valence-corrected chi connectivity index (χ3v) is 6.08. The minimum Gasteiger partial charge on any atom is -0.334 e. The normalized spacial score (nSPS) is 14.3. The van der Waals surface area contributed by atoms with E-state index < -0.39 is 0 Å². The van der Waals surface area contributed by atoms with Crippen LogP contribution in [0.3, 0.4) is 0 Å². The maximum Gasteiger partial charge on any atom is 0.298 e. The van der Waals surface area contributed by atoms with Crippen molar-refractivity contribution in [1.82, 2.24) is 4.57 Å². The number of para-hydroxylation sites is 1. The van der Waals surface area contributed by atoms with Gasteiger partial charge in [0.1, 0.15) is 0 Å². The monoisotopic (exact) mass is 410 g/mol. The van der Waals surface area contributed by atoms with Crippen molar-refractivity contribution >= 4 is 39.5 Å². The third-order valence-electron chi connectivity index (χ3n) is 5.30. The molecule has 4 nitrogen and oxygen atoms in total. The highest BCUT2D eigenvalue weighted by Gasteiger charge is 2.37. The molecule has 0 radical (unpaired) electrons. The summed E-state index contributed by atoms with van der Waals surface area (Å²) >= 11 is 0.884. The van der Waals surface area contributed by atoms with Crippen molar-refractivity contribution in [2.75, 3.05) is 4.90 Å². The van der Waals surface area contributed by atoms with Gasteiger partial charge in [-0.3, -0.25) is 9.59 Å². The number of fused-ring (bicyclic) bond motifs is 1. The average molecular weight is 410 g/mol. The van der Waals surface area contributed by atoms with Crippen molar-refractivity contribution in [2.24, 2.45) is 0 Å². The maximum atomic E-state index is 12.7. The van der Waals surface area contributed by atoms with Crippen molar-refractivity contribution in [2.45, 2.75) is 6.04 Å². The van der Waals surface area contributed by atoms with Gasteiger partial charge in [0.05, 0.1) is 22.2 Å². The zero-order chi connectivity index (χ0) is 20.7. The smallest absolute Gasteiger partial charge is 0.298 e. The molecule has 0 atom stereocenters. The van der Waals surface area contributed by atoms with Crippen LogP contribution in [0.4, 0.5) is 10.5 Å². The topological polar surface area (TPSA) is 42.3 Å². The molecule has 2 heterocycles. The van der Waals surface area contributed by atoms with Crippen molar-refractivity contribution in [1.29, 1.82) is 0 Å². The Morgan fingerprint density at radius 2 is 1.33 bits per heavy atom. The molecule has 1 aromatic heterocycles. The Morgan fingerprint density at radius 1 is 0.767 bits per heavy atom. The van der Waals surface area contributed by atoms with E-state index in [1.54, 1.807) is 0 Å². The first-order valence-electron chi connectivity index (χ1n) is 9.60. The van der Waals surface area contributed by atoms with Crippen LogP contribution in [0.15, 0.2) is 103 Å². The third kappa shape index (κ3) is 2.95. The van der Waals surface area contributed by atoms with Gasteiger partial charge in [-0.1, -0.05) is 85.4 Å². The lowest BCUT2D eigenvalue weighted by molar-refractivity contribution is -0.113. The number of thioether (sulfide) groups is 1. The van der Waals surface area contributed by atoms with E-state index >= 15 is 0 Å². The van der Waals surface area contributed by atoms with E-state index in [1.165, 1.54) is 4.90 Å². The summed E-state index contributed by atoms with van der Waals surface area (Å²) in [7, 11) is 0. The zero-order valence-corrected chi connectivity index (χ0v) is 16.9. The molecule has 0 N–H and O–H groups in total. The largest absolute Gasteiger partial charge is 0.334 e. The highest BCUT2D eigenvalue weighted by molar-refractivity contribution is 8.18. The zero-order valence-electron chi connectivity index (χ0n) is 16.1. The molecule has 2 amide bonds. The van der Waals surface area contributed by atoms with Crippen molar-refractivity contribution in [3.05, 3.63) is 114 Å².